The summed E-state index contributed by atoms with van der Waals surface area (Å²) in [5.41, 5.74) is 14.3. The number of aromatic nitrogens is 4. The van der Waals surface area contributed by atoms with E-state index in [1.165, 1.54) is 47.7 Å². The van der Waals surface area contributed by atoms with Crippen LogP contribution in [0.25, 0.3) is 0 Å². The molecule has 0 aliphatic carbocycles. The zero-order valence-corrected chi connectivity index (χ0v) is 39.8. The predicted molar refractivity (Wildman–Crippen MR) is 278 cm³/mol. The molecule has 63 heavy (non-hydrogen) atoms. The summed E-state index contributed by atoms with van der Waals surface area (Å²) in [7, 11) is 0. The Morgan fingerprint density at radius 1 is 0.603 bits per heavy atom. The smallest absolute Gasteiger partial charge is 0.352 e. The number of aryl methyl sites for hydroxylation is 4. The largest absolute Gasteiger partial charge is 0.477 e. The summed E-state index contributed by atoms with van der Waals surface area (Å²) in [6, 6.07) is 27.6. The number of piperidine rings is 2. The van der Waals surface area contributed by atoms with Gasteiger partial charge >= 0.3 is 5.97 Å². The molecule has 2 saturated heterocycles. The van der Waals surface area contributed by atoms with Crippen LogP contribution in [0.1, 0.15) is 108 Å². The van der Waals surface area contributed by atoms with Gasteiger partial charge < -0.3 is 35.1 Å². The number of hydrogen-bond donors (Lipinski definition) is 3. The van der Waals surface area contributed by atoms with E-state index < -0.39 is 5.97 Å². The summed E-state index contributed by atoms with van der Waals surface area (Å²) in [5, 5.41) is 12.3. The fourth-order valence-corrected chi connectivity index (χ4v) is 8.38. The van der Waals surface area contributed by atoms with Crippen molar-refractivity contribution >= 4 is 80.1 Å². The molecule has 0 spiro atoms. The van der Waals surface area contributed by atoms with Crippen LogP contribution in [0.3, 0.4) is 0 Å². The van der Waals surface area contributed by atoms with E-state index in [2.05, 4.69) is 92.3 Å². The van der Waals surface area contributed by atoms with Crippen LogP contribution >= 0.6 is 45.2 Å². The Morgan fingerprint density at radius 3 is 1.44 bits per heavy atom. The molecule has 0 unspecified atom stereocenters. The molecule has 6 heterocycles. The number of carbonyl (C=O) groups excluding carboxylic acids is 1. The molecule has 1 amide bonds. The number of pyridine rings is 2. The first kappa shape index (κ1) is 50.7. The standard InChI is InChI=1S/C24H27IN4O.C18H23N3O2.C6H6IN.2CH4/c1-17-12-21(26-23(14-17)28-10-4-3-5-11-28)16-29-15-18(2)13-22(29)24(30)27-20-8-6-19(25)7-9-20;1-13-8-15(12-21-11-14(2)9-16(21)18(22)23)19-17(10-13)20-6-4-3-5-7-20;7-5-1-3-6(8)4-2-5;;/h6-9,12-15H,3-5,10-11,16H2,1-2H3,(H,27,30);8-11H,3-7,12H2,1-2H3,(H,22,23);1-4H,8H2;2*1H4. The van der Waals surface area contributed by atoms with Crippen molar-refractivity contribution in [2.24, 2.45) is 0 Å². The lowest BCUT2D eigenvalue weighted by Crippen LogP contribution is -2.30. The van der Waals surface area contributed by atoms with Crippen LogP contribution in [0.4, 0.5) is 23.0 Å². The minimum atomic E-state index is -0.901. The first-order valence-electron chi connectivity index (χ1n) is 20.9. The second-order valence-corrected chi connectivity index (χ2v) is 18.5. The molecule has 0 saturated carbocycles. The van der Waals surface area contributed by atoms with Crippen LogP contribution in [0, 0.1) is 34.8 Å². The van der Waals surface area contributed by atoms with E-state index in [-0.39, 0.29) is 20.8 Å². The summed E-state index contributed by atoms with van der Waals surface area (Å²) in [6.45, 7) is 13.4. The highest BCUT2D eigenvalue weighted by atomic mass is 127. The van der Waals surface area contributed by atoms with Crippen LogP contribution in [0.15, 0.2) is 97.3 Å². The Bertz CT molecular complexity index is 2380. The average molecular weight is 1080 g/mol. The molecule has 8 rings (SSSR count). The summed E-state index contributed by atoms with van der Waals surface area (Å²) >= 11 is 4.50. The zero-order valence-electron chi connectivity index (χ0n) is 35.5. The number of amides is 1. The number of carboxylic acid groups (broad SMARTS) is 1. The van der Waals surface area contributed by atoms with E-state index in [9.17, 15) is 14.7 Å². The van der Waals surface area contributed by atoms with Crippen molar-refractivity contribution in [1.29, 1.82) is 0 Å². The maximum Gasteiger partial charge on any atom is 0.352 e. The summed E-state index contributed by atoms with van der Waals surface area (Å²) in [5.74, 6) is 1.06. The van der Waals surface area contributed by atoms with Gasteiger partial charge in [0.2, 0.25) is 0 Å². The Hall–Kier alpha value is -4.90. The normalized spacial score (nSPS) is 13.3. The summed E-state index contributed by atoms with van der Waals surface area (Å²) in [6.07, 6.45) is 11.4. The predicted octanol–water partition coefficient (Wildman–Crippen LogP) is 11.8. The van der Waals surface area contributed by atoms with Crippen molar-refractivity contribution in [3.63, 3.8) is 0 Å². The molecule has 4 N–H and O–H groups in total. The lowest BCUT2D eigenvalue weighted by atomic mass is 10.1. The van der Waals surface area contributed by atoms with Gasteiger partial charge in [-0.25, -0.2) is 14.8 Å². The van der Waals surface area contributed by atoms with Gasteiger partial charge in [0, 0.05) is 57.1 Å². The number of carbonyl (C=O) groups is 2. The van der Waals surface area contributed by atoms with Gasteiger partial charge in [-0.3, -0.25) is 4.79 Å². The number of hydrogen-bond acceptors (Lipinski definition) is 7. The monoisotopic (exact) mass is 1080 g/mol. The van der Waals surface area contributed by atoms with Gasteiger partial charge in [0.25, 0.3) is 5.91 Å². The minimum absolute atomic E-state index is 0. The van der Waals surface area contributed by atoms with Crippen LogP contribution in [0.5, 0.6) is 0 Å². The quantitative estimate of drug-likeness (QED) is 0.0963. The van der Waals surface area contributed by atoms with Crippen LogP contribution in [0.2, 0.25) is 0 Å². The van der Waals surface area contributed by atoms with Crippen molar-refractivity contribution in [2.75, 3.05) is 47.0 Å². The van der Waals surface area contributed by atoms with Gasteiger partial charge in [0.1, 0.15) is 23.0 Å². The van der Waals surface area contributed by atoms with Crippen molar-refractivity contribution in [3.05, 3.63) is 149 Å². The van der Waals surface area contributed by atoms with Crippen LogP contribution < -0.4 is 20.9 Å². The SMILES string of the molecule is C.C.Cc1cc(Cn2cc(C)cc2C(=O)Nc2ccc(I)cc2)nc(N2CCCCC2)c1.Cc1cc(Cn2cc(C)cc2C(=O)O)nc(N2CCCCC2)c1.Nc1ccc(I)cc1. The van der Waals surface area contributed by atoms with Gasteiger partial charge in [-0.15, -0.1) is 0 Å². The Balaban J connectivity index is 0.000000234. The number of nitrogens with one attached hydrogen (secondary N) is 1. The van der Waals surface area contributed by atoms with Crippen LogP contribution in [-0.2, 0) is 13.1 Å². The Labute approximate surface area is 401 Å². The number of rotatable bonds is 9. The molecule has 336 valence electrons. The molecular weight excluding hydrogens is 1010 g/mol. The highest BCUT2D eigenvalue weighted by molar-refractivity contribution is 14.1. The molecule has 6 aromatic rings. The second kappa shape index (κ2) is 24.2. The topological polar surface area (TPSA) is 135 Å². The maximum absolute atomic E-state index is 12.9. The van der Waals surface area contributed by atoms with E-state index in [0.717, 1.165) is 80.8 Å². The van der Waals surface area contributed by atoms with E-state index in [0.29, 0.717) is 24.5 Å². The molecule has 0 atom stereocenters. The Morgan fingerprint density at radius 2 is 1.02 bits per heavy atom. The number of carboxylic acids is 1. The lowest BCUT2D eigenvalue weighted by molar-refractivity contribution is 0.0685. The van der Waals surface area contributed by atoms with E-state index in [1.54, 1.807) is 10.6 Å². The second-order valence-electron chi connectivity index (χ2n) is 16.0. The van der Waals surface area contributed by atoms with Crippen molar-refractivity contribution in [2.45, 2.75) is 94.2 Å². The maximum atomic E-state index is 12.9. The van der Waals surface area contributed by atoms with Crippen LogP contribution in [-0.4, -0.2) is 62.3 Å². The number of nitrogens with two attached hydrogens (primary N) is 1. The number of nitrogens with zero attached hydrogens (tertiary/aromatic N) is 6. The highest BCUT2D eigenvalue weighted by Crippen LogP contribution is 2.23. The number of halogens is 2. The number of aromatic carboxylic acids is 1. The molecule has 2 aliphatic heterocycles. The number of nitrogen functional groups attached to an aromatic ring is 1. The third-order valence-electron chi connectivity index (χ3n) is 10.5. The Kier molecular flexibility index (Phi) is 19.5. The molecule has 4 aromatic heterocycles. The van der Waals surface area contributed by atoms with Gasteiger partial charge in [0.15, 0.2) is 0 Å². The van der Waals surface area contributed by atoms with Crippen molar-refractivity contribution < 1.29 is 14.7 Å². The molecule has 11 nitrogen and oxygen atoms in total. The average Bonchev–Trinajstić information content (AvgIpc) is 3.81. The molecule has 2 aliphatic rings. The highest BCUT2D eigenvalue weighted by Gasteiger charge is 2.18. The zero-order chi connectivity index (χ0) is 43.5. The third-order valence-corrected chi connectivity index (χ3v) is 12.0. The van der Waals surface area contributed by atoms with Gasteiger partial charge in [-0.2, -0.15) is 0 Å². The van der Waals surface area contributed by atoms with Gasteiger partial charge in [-0.1, -0.05) is 14.9 Å². The molecular formula is C50H64I2N8O3. The number of benzene rings is 2. The van der Waals surface area contributed by atoms with Gasteiger partial charge in [-0.05, 0) is 219 Å². The lowest BCUT2D eigenvalue weighted by Gasteiger charge is -2.28. The third kappa shape index (κ3) is 15.1. The minimum Gasteiger partial charge on any atom is -0.477 e. The molecule has 2 fully saturated rings. The van der Waals surface area contributed by atoms with E-state index >= 15 is 0 Å². The molecule has 0 bridgehead atoms. The molecule has 2 aromatic carbocycles. The fourth-order valence-electron chi connectivity index (χ4n) is 7.66. The molecule has 0 radical (unpaired) electrons. The number of anilines is 4. The summed E-state index contributed by atoms with van der Waals surface area (Å²) < 4.78 is 6.12. The molecule has 13 heteroatoms. The van der Waals surface area contributed by atoms with E-state index in [1.807, 2.05) is 91.5 Å². The van der Waals surface area contributed by atoms with E-state index in [4.69, 9.17) is 15.7 Å². The first-order valence-corrected chi connectivity index (χ1v) is 23.0. The summed E-state index contributed by atoms with van der Waals surface area (Å²) in [4.78, 5) is 38.7. The first-order chi connectivity index (χ1) is 29.3. The fraction of sp³-hybridized carbons (Fsp3) is 0.360. The van der Waals surface area contributed by atoms with Crippen molar-refractivity contribution in [1.82, 2.24) is 19.1 Å². The van der Waals surface area contributed by atoms with Crippen molar-refractivity contribution in [3.8, 4) is 0 Å². The van der Waals surface area contributed by atoms with Gasteiger partial charge in [0.05, 0.1) is 24.5 Å².